The van der Waals surface area contributed by atoms with E-state index in [1.807, 2.05) is 0 Å². The number of amides is 1. The van der Waals surface area contributed by atoms with Crippen molar-refractivity contribution in [1.29, 1.82) is 0 Å². The van der Waals surface area contributed by atoms with Gasteiger partial charge in [-0.2, -0.15) is 0 Å². The van der Waals surface area contributed by atoms with E-state index >= 15 is 0 Å². The van der Waals surface area contributed by atoms with E-state index in [0.717, 1.165) is 30.8 Å². The maximum atomic E-state index is 11.8. The first-order valence-electron chi connectivity index (χ1n) is 7.01. The Hall–Kier alpha value is -0.960. The molecule has 2 rings (SSSR count). The first-order valence-corrected chi connectivity index (χ1v) is 9.31. The highest BCUT2D eigenvalue weighted by atomic mass is 32.2. The normalized spacial score (nSPS) is 18.8. The third kappa shape index (κ3) is 4.77. The Morgan fingerprint density at radius 1 is 1.48 bits per heavy atom. The van der Waals surface area contributed by atoms with Crippen LogP contribution in [0, 0.1) is 5.92 Å². The lowest BCUT2D eigenvalue weighted by molar-refractivity contribution is -0.121. The summed E-state index contributed by atoms with van der Waals surface area (Å²) < 4.78 is 25.8. The topological polar surface area (TPSA) is 87.3 Å². The van der Waals surface area contributed by atoms with Crippen LogP contribution in [0.2, 0.25) is 0 Å². The first kappa shape index (κ1) is 16.4. The molecule has 1 atom stereocenters. The fourth-order valence-corrected chi connectivity index (χ4v) is 4.40. The highest BCUT2D eigenvalue weighted by Crippen LogP contribution is 2.21. The van der Waals surface area contributed by atoms with Crippen molar-refractivity contribution in [2.45, 2.75) is 30.0 Å². The highest BCUT2D eigenvalue weighted by Gasteiger charge is 2.16. The van der Waals surface area contributed by atoms with E-state index < -0.39 is 10.0 Å². The van der Waals surface area contributed by atoms with E-state index in [9.17, 15) is 13.2 Å². The van der Waals surface area contributed by atoms with E-state index in [-0.39, 0.29) is 10.1 Å². The number of hydrogen-bond donors (Lipinski definition) is 3. The largest absolute Gasteiger partial charge is 0.351 e. The molecule has 2 heterocycles. The summed E-state index contributed by atoms with van der Waals surface area (Å²) in [6.45, 7) is 2.43. The molecule has 1 amide bonds. The van der Waals surface area contributed by atoms with Crippen LogP contribution in [0.25, 0.3) is 0 Å². The van der Waals surface area contributed by atoms with Gasteiger partial charge in [0.15, 0.2) is 0 Å². The van der Waals surface area contributed by atoms with Crippen molar-refractivity contribution in [1.82, 2.24) is 15.4 Å². The number of rotatable bonds is 7. The molecule has 21 heavy (non-hydrogen) atoms. The Labute approximate surface area is 129 Å². The van der Waals surface area contributed by atoms with Gasteiger partial charge in [0, 0.05) is 11.3 Å². The Kier molecular flexibility index (Phi) is 5.74. The van der Waals surface area contributed by atoms with Crippen LogP contribution in [0.4, 0.5) is 0 Å². The predicted molar refractivity (Wildman–Crippen MR) is 82.6 cm³/mol. The van der Waals surface area contributed by atoms with Crippen LogP contribution in [0.5, 0.6) is 0 Å². The molecule has 1 unspecified atom stereocenters. The summed E-state index contributed by atoms with van der Waals surface area (Å²) in [5, 5.41) is 6.12. The highest BCUT2D eigenvalue weighted by molar-refractivity contribution is 7.91. The lowest BCUT2D eigenvalue weighted by atomic mass is 10.0. The third-order valence-corrected chi connectivity index (χ3v) is 6.56. The monoisotopic (exact) mass is 331 g/mol. The Bertz CT molecular complexity index is 577. The van der Waals surface area contributed by atoms with E-state index in [1.54, 1.807) is 12.1 Å². The molecule has 6 nitrogen and oxygen atoms in total. The molecule has 0 bridgehead atoms. The molecule has 118 valence electrons. The quantitative estimate of drug-likeness (QED) is 0.685. The number of carbonyl (C=O) groups is 1. The molecule has 1 aliphatic heterocycles. The van der Waals surface area contributed by atoms with Crippen molar-refractivity contribution in [2.24, 2.45) is 5.92 Å². The van der Waals surface area contributed by atoms with Crippen LogP contribution >= 0.6 is 11.3 Å². The fraction of sp³-hybridized carbons (Fsp3) is 0.615. The number of carbonyl (C=O) groups excluding carboxylic acids is 1. The van der Waals surface area contributed by atoms with Gasteiger partial charge in [-0.25, -0.2) is 13.1 Å². The Balaban J connectivity index is 1.76. The Morgan fingerprint density at radius 3 is 2.95 bits per heavy atom. The Morgan fingerprint density at radius 2 is 2.29 bits per heavy atom. The van der Waals surface area contributed by atoms with Crippen LogP contribution in [0.1, 0.15) is 24.1 Å². The average Bonchev–Trinajstić information content (AvgIpc) is 3.14. The molecule has 1 aromatic heterocycles. The molecule has 1 fully saturated rings. The first-order chi connectivity index (χ1) is 10.0. The van der Waals surface area contributed by atoms with Crippen LogP contribution in [0.15, 0.2) is 16.3 Å². The van der Waals surface area contributed by atoms with E-state index in [1.165, 1.54) is 18.4 Å². The number of thiophene rings is 1. The van der Waals surface area contributed by atoms with Crippen LogP contribution in [-0.2, 0) is 21.4 Å². The van der Waals surface area contributed by atoms with Gasteiger partial charge in [-0.05, 0) is 51.0 Å². The van der Waals surface area contributed by atoms with E-state index in [4.69, 9.17) is 0 Å². The number of nitrogens with one attached hydrogen (secondary N) is 3. The maximum Gasteiger partial charge on any atom is 0.249 e. The van der Waals surface area contributed by atoms with E-state index in [2.05, 4.69) is 15.4 Å². The zero-order valence-electron chi connectivity index (χ0n) is 12.0. The van der Waals surface area contributed by atoms with Crippen molar-refractivity contribution < 1.29 is 13.2 Å². The summed E-state index contributed by atoms with van der Waals surface area (Å²) >= 11 is 1.17. The lowest BCUT2D eigenvalue weighted by Gasteiger charge is -2.08. The minimum atomic E-state index is -3.39. The summed E-state index contributed by atoms with van der Waals surface area (Å²) in [5.41, 5.74) is 0. The average molecular weight is 331 g/mol. The maximum absolute atomic E-state index is 11.8. The van der Waals surface area contributed by atoms with Crippen LogP contribution in [-0.4, -0.2) is 34.5 Å². The molecule has 1 aromatic rings. The number of hydrogen-bond acceptors (Lipinski definition) is 5. The zero-order valence-corrected chi connectivity index (χ0v) is 13.6. The van der Waals surface area contributed by atoms with Crippen LogP contribution < -0.4 is 15.4 Å². The molecular weight excluding hydrogens is 310 g/mol. The van der Waals surface area contributed by atoms with Gasteiger partial charge in [-0.1, -0.05) is 0 Å². The summed E-state index contributed by atoms with van der Waals surface area (Å²) in [5.74, 6) is 0.623. The smallest absolute Gasteiger partial charge is 0.249 e. The second kappa shape index (κ2) is 7.35. The van der Waals surface area contributed by atoms with Crippen molar-refractivity contribution in [3.8, 4) is 0 Å². The predicted octanol–water partition coefficient (Wildman–Crippen LogP) is 0.662. The van der Waals surface area contributed by atoms with Gasteiger partial charge in [-0.15, -0.1) is 11.3 Å². The molecule has 0 radical (unpaired) electrons. The molecule has 0 spiro atoms. The zero-order chi connectivity index (χ0) is 15.3. The second-order valence-corrected chi connectivity index (χ2v) is 8.38. The molecule has 0 aromatic carbocycles. The summed E-state index contributed by atoms with van der Waals surface area (Å²) in [6.07, 6.45) is 2.57. The van der Waals surface area contributed by atoms with Gasteiger partial charge in [0.1, 0.15) is 4.21 Å². The SMILES string of the molecule is CNS(=O)(=O)c1ccc(CNC(=O)CCC2CCNC2)s1. The molecule has 3 N–H and O–H groups in total. The lowest BCUT2D eigenvalue weighted by Crippen LogP contribution is -2.23. The second-order valence-electron chi connectivity index (χ2n) is 5.10. The summed E-state index contributed by atoms with van der Waals surface area (Å²) in [7, 11) is -2.01. The van der Waals surface area contributed by atoms with Gasteiger partial charge in [0.2, 0.25) is 15.9 Å². The van der Waals surface area contributed by atoms with Crippen molar-refractivity contribution >= 4 is 27.3 Å². The molecule has 0 saturated carbocycles. The van der Waals surface area contributed by atoms with Gasteiger partial charge in [-0.3, -0.25) is 4.79 Å². The molecule has 1 aliphatic rings. The summed E-state index contributed by atoms with van der Waals surface area (Å²) in [4.78, 5) is 12.6. The molecule has 0 aliphatic carbocycles. The molecular formula is C13H21N3O3S2. The molecule has 8 heteroatoms. The van der Waals surface area contributed by atoms with Gasteiger partial charge in [0.05, 0.1) is 6.54 Å². The van der Waals surface area contributed by atoms with Crippen molar-refractivity contribution in [3.63, 3.8) is 0 Å². The minimum Gasteiger partial charge on any atom is -0.351 e. The van der Waals surface area contributed by atoms with Crippen molar-refractivity contribution in [2.75, 3.05) is 20.1 Å². The van der Waals surface area contributed by atoms with Gasteiger partial charge < -0.3 is 10.6 Å². The van der Waals surface area contributed by atoms with Crippen molar-refractivity contribution in [3.05, 3.63) is 17.0 Å². The summed E-state index contributed by atoms with van der Waals surface area (Å²) in [6, 6.07) is 3.29. The van der Waals surface area contributed by atoms with E-state index in [0.29, 0.717) is 18.9 Å². The minimum absolute atomic E-state index is 0.0216. The third-order valence-electron chi connectivity index (χ3n) is 3.57. The molecule has 1 saturated heterocycles. The van der Waals surface area contributed by atoms with Gasteiger partial charge >= 0.3 is 0 Å². The van der Waals surface area contributed by atoms with Gasteiger partial charge in [0.25, 0.3) is 0 Å². The fourth-order valence-electron chi connectivity index (χ4n) is 2.27. The number of sulfonamides is 1. The standard InChI is InChI=1S/C13H21N3O3S2/c1-14-21(18,19)13-5-3-11(20-13)9-16-12(17)4-2-10-6-7-15-8-10/h3,5,10,14-15H,2,4,6-9H2,1H3,(H,16,17). The van der Waals surface area contributed by atoms with Crippen LogP contribution in [0.3, 0.4) is 0 Å².